The van der Waals surface area contributed by atoms with E-state index < -0.39 is 0 Å². The summed E-state index contributed by atoms with van der Waals surface area (Å²) in [7, 11) is 3.24. The van der Waals surface area contributed by atoms with Crippen molar-refractivity contribution in [3.8, 4) is 21.5 Å². The van der Waals surface area contributed by atoms with Gasteiger partial charge in [-0.15, -0.1) is 0 Å². The number of hydrogen-bond acceptors (Lipinski definition) is 4. The van der Waals surface area contributed by atoms with E-state index in [1.165, 1.54) is 11.3 Å². The van der Waals surface area contributed by atoms with Crippen molar-refractivity contribution in [1.29, 1.82) is 0 Å². The lowest BCUT2D eigenvalue weighted by atomic mass is 10.2. The lowest BCUT2D eigenvalue weighted by Crippen LogP contribution is -1.84. The molecule has 0 fully saturated rings. The number of ether oxygens (including phenoxy) is 2. The summed E-state index contributed by atoms with van der Waals surface area (Å²) in [6, 6.07) is 9.91. The number of thiazole rings is 1. The molecule has 78 valence electrons. The third kappa shape index (κ3) is 1.94. The number of methoxy groups -OCH3 is 2. The number of rotatable bonds is 3. The minimum Gasteiger partial charge on any atom is -0.486 e. The monoisotopic (exact) mass is 221 g/mol. The molecule has 3 nitrogen and oxygen atoms in total. The molecule has 2 rings (SSSR count). The van der Waals surface area contributed by atoms with Gasteiger partial charge in [-0.1, -0.05) is 30.3 Å². The molecule has 0 aliphatic carbocycles. The first-order valence-corrected chi connectivity index (χ1v) is 5.31. The van der Waals surface area contributed by atoms with Crippen LogP contribution < -0.4 is 9.47 Å². The Kier molecular flexibility index (Phi) is 2.87. The molecule has 0 spiro atoms. The van der Waals surface area contributed by atoms with E-state index in [2.05, 4.69) is 4.98 Å². The number of hydrogen-bond donors (Lipinski definition) is 0. The predicted octanol–water partition coefficient (Wildman–Crippen LogP) is 2.83. The van der Waals surface area contributed by atoms with Crippen LogP contribution >= 0.6 is 11.3 Å². The van der Waals surface area contributed by atoms with Gasteiger partial charge < -0.3 is 9.47 Å². The minimum absolute atomic E-state index is 0.616. The summed E-state index contributed by atoms with van der Waals surface area (Å²) in [4.78, 5) is 4.34. The molecule has 0 saturated heterocycles. The van der Waals surface area contributed by atoms with Gasteiger partial charge in [0.2, 0.25) is 5.06 Å². The molecule has 0 aliphatic heterocycles. The largest absolute Gasteiger partial charge is 0.486 e. The van der Waals surface area contributed by atoms with Gasteiger partial charge in [0, 0.05) is 5.56 Å². The maximum atomic E-state index is 5.26. The second kappa shape index (κ2) is 4.31. The molecule has 0 bridgehead atoms. The molecule has 0 aliphatic rings. The summed E-state index contributed by atoms with van der Waals surface area (Å²) >= 11 is 1.40. The highest BCUT2D eigenvalue weighted by molar-refractivity contribution is 7.15. The van der Waals surface area contributed by atoms with Gasteiger partial charge in [-0.25, -0.2) is 0 Å². The molecule has 0 saturated carbocycles. The van der Waals surface area contributed by atoms with Crippen molar-refractivity contribution >= 4 is 11.3 Å². The Hall–Kier alpha value is -1.55. The van der Waals surface area contributed by atoms with E-state index in [0.29, 0.717) is 5.19 Å². The first-order chi connectivity index (χ1) is 7.35. The molecule has 2 aromatic rings. The summed E-state index contributed by atoms with van der Waals surface area (Å²) in [5, 5.41) is 1.39. The Labute approximate surface area is 92.3 Å². The molecular formula is C11H11NO2S. The molecule has 1 heterocycles. The second-order valence-corrected chi connectivity index (χ2v) is 3.81. The van der Waals surface area contributed by atoms with Crippen LogP contribution in [0, 0.1) is 0 Å². The average molecular weight is 221 g/mol. The lowest BCUT2D eigenvalue weighted by Gasteiger charge is -1.99. The molecule has 15 heavy (non-hydrogen) atoms. The van der Waals surface area contributed by atoms with E-state index in [-0.39, 0.29) is 0 Å². The van der Waals surface area contributed by atoms with Crippen LogP contribution in [-0.2, 0) is 0 Å². The normalized spacial score (nSPS) is 10.0. The van der Waals surface area contributed by atoms with Crippen LogP contribution in [0.25, 0.3) is 11.3 Å². The Bertz CT molecular complexity index is 439. The third-order valence-electron chi connectivity index (χ3n) is 1.98. The van der Waals surface area contributed by atoms with E-state index in [0.717, 1.165) is 16.3 Å². The summed E-state index contributed by atoms with van der Waals surface area (Å²) < 4.78 is 10.3. The number of aromatic nitrogens is 1. The molecule has 1 aromatic heterocycles. The smallest absolute Gasteiger partial charge is 0.277 e. The zero-order valence-corrected chi connectivity index (χ0v) is 9.38. The topological polar surface area (TPSA) is 31.4 Å². The minimum atomic E-state index is 0.616. The number of benzene rings is 1. The van der Waals surface area contributed by atoms with Gasteiger partial charge in [0.05, 0.1) is 14.2 Å². The summed E-state index contributed by atoms with van der Waals surface area (Å²) in [6.45, 7) is 0. The van der Waals surface area contributed by atoms with Crippen molar-refractivity contribution in [1.82, 2.24) is 4.98 Å². The van der Waals surface area contributed by atoms with E-state index in [4.69, 9.17) is 9.47 Å². The molecule has 0 N–H and O–H groups in total. The van der Waals surface area contributed by atoms with Crippen LogP contribution in [0.2, 0.25) is 0 Å². The van der Waals surface area contributed by atoms with Crippen molar-refractivity contribution in [2.75, 3.05) is 14.2 Å². The average Bonchev–Trinajstić information content (AvgIpc) is 2.73. The fraction of sp³-hybridized carbons (Fsp3) is 0.182. The molecule has 0 amide bonds. The van der Waals surface area contributed by atoms with Gasteiger partial charge in [0.15, 0.2) is 0 Å². The quantitative estimate of drug-likeness (QED) is 0.798. The molecule has 0 radical (unpaired) electrons. The summed E-state index contributed by atoms with van der Waals surface area (Å²) in [6.07, 6.45) is 0. The van der Waals surface area contributed by atoms with Gasteiger partial charge >= 0.3 is 0 Å². The highest BCUT2D eigenvalue weighted by Gasteiger charge is 2.13. The van der Waals surface area contributed by atoms with Crippen molar-refractivity contribution < 1.29 is 9.47 Å². The zero-order chi connectivity index (χ0) is 10.7. The first kappa shape index (κ1) is 9.98. The fourth-order valence-electron chi connectivity index (χ4n) is 1.29. The van der Waals surface area contributed by atoms with Crippen molar-refractivity contribution in [2.45, 2.75) is 0 Å². The molecule has 0 unspecified atom stereocenters. The fourth-order valence-corrected chi connectivity index (χ4v) is 2.01. The van der Waals surface area contributed by atoms with Crippen LogP contribution in [0.3, 0.4) is 0 Å². The highest BCUT2D eigenvalue weighted by atomic mass is 32.1. The van der Waals surface area contributed by atoms with Crippen LogP contribution in [0.4, 0.5) is 0 Å². The number of nitrogens with zero attached hydrogens (tertiary/aromatic N) is 1. The zero-order valence-electron chi connectivity index (χ0n) is 8.56. The summed E-state index contributed by atoms with van der Waals surface area (Å²) in [5.74, 6) is 0. The Morgan fingerprint density at radius 1 is 1.07 bits per heavy atom. The molecule has 1 aromatic carbocycles. The maximum absolute atomic E-state index is 5.26. The van der Waals surface area contributed by atoms with Crippen LogP contribution in [-0.4, -0.2) is 19.2 Å². The van der Waals surface area contributed by atoms with E-state index >= 15 is 0 Å². The van der Waals surface area contributed by atoms with Gasteiger partial charge in [0.25, 0.3) is 5.19 Å². The SMILES string of the molecule is COc1nc(-c2ccccc2)c(OC)s1. The van der Waals surface area contributed by atoms with E-state index in [9.17, 15) is 0 Å². The Balaban J connectivity index is 2.47. The van der Waals surface area contributed by atoms with Crippen molar-refractivity contribution in [3.05, 3.63) is 30.3 Å². The van der Waals surface area contributed by atoms with Gasteiger partial charge in [-0.2, -0.15) is 4.98 Å². The second-order valence-electron chi connectivity index (χ2n) is 2.89. The van der Waals surface area contributed by atoms with Crippen LogP contribution in [0.5, 0.6) is 10.3 Å². The third-order valence-corrected chi connectivity index (χ3v) is 2.96. The molecular weight excluding hydrogens is 210 g/mol. The molecule has 4 heteroatoms. The maximum Gasteiger partial charge on any atom is 0.277 e. The Morgan fingerprint density at radius 2 is 1.80 bits per heavy atom. The first-order valence-electron chi connectivity index (χ1n) is 4.49. The van der Waals surface area contributed by atoms with Gasteiger partial charge in [-0.05, 0) is 11.3 Å². The van der Waals surface area contributed by atoms with Crippen LogP contribution in [0.15, 0.2) is 30.3 Å². The highest BCUT2D eigenvalue weighted by Crippen LogP contribution is 2.38. The molecule has 0 atom stereocenters. The van der Waals surface area contributed by atoms with Gasteiger partial charge in [-0.3, -0.25) is 0 Å². The van der Waals surface area contributed by atoms with Gasteiger partial charge in [0.1, 0.15) is 5.69 Å². The lowest BCUT2D eigenvalue weighted by molar-refractivity contribution is 0.412. The predicted molar refractivity (Wildman–Crippen MR) is 60.7 cm³/mol. The summed E-state index contributed by atoms with van der Waals surface area (Å²) in [5.41, 5.74) is 1.87. The van der Waals surface area contributed by atoms with Crippen LogP contribution in [0.1, 0.15) is 0 Å². The van der Waals surface area contributed by atoms with E-state index in [1.807, 2.05) is 30.3 Å². The van der Waals surface area contributed by atoms with E-state index in [1.54, 1.807) is 14.2 Å². The van der Waals surface area contributed by atoms with Crippen molar-refractivity contribution in [2.24, 2.45) is 0 Å². The Morgan fingerprint density at radius 3 is 2.40 bits per heavy atom. The standard InChI is InChI=1S/C11H11NO2S/c1-13-10-9(12-11(14-2)15-10)8-6-4-3-5-7-8/h3-7H,1-2H3. The van der Waals surface area contributed by atoms with Crippen molar-refractivity contribution in [3.63, 3.8) is 0 Å².